The van der Waals surface area contributed by atoms with Gasteiger partial charge < -0.3 is 18.9 Å². The van der Waals surface area contributed by atoms with Crippen LogP contribution in [0.4, 0.5) is 0 Å². The highest BCUT2D eigenvalue weighted by Crippen LogP contribution is 2.41. The molecule has 2 saturated heterocycles. The molecule has 2 aromatic carbocycles. The molecule has 4 rings (SSSR count). The van der Waals surface area contributed by atoms with Gasteiger partial charge in [0.25, 0.3) is 0 Å². The summed E-state index contributed by atoms with van der Waals surface area (Å²) in [6, 6.07) is 9.06. The van der Waals surface area contributed by atoms with E-state index in [2.05, 4.69) is 64.4 Å². The molecule has 196 valence electrons. The van der Waals surface area contributed by atoms with Crippen LogP contribution in [0.15, 0.2) is 74.9 Å². The van der Waals surface area contributed by atoms with Gasteiger partial charge >= 0.3 is 0 Å². The lowest BCUT2D eigenvalue weighted by Crippen LogP contribution is -2.33. The first-order valence-corrected chi connectivity index (χ1v) is 13.2. The molecule has 37 heavy (non-hydrogen) atoms. The van der Waals surface area contributed by atoms with E-state index >= 15 is 0 Å². The Balaban J connectivity index is 1.79. The zero-order valence-electron chi connectivity index (χ0n) is 22.4. The average molecular weight is 501 g/mol. The quantitative estimate of drug-likeness (QED) is 0.199. The van der Waals surface area contributed by atoms with Gasteiger partial charge in [-0.15, -0.1) is 26.3 Å². The summed E-state index contributed by atoms with van der Waals surface area (Å²) in [6.45, 7) is 22.6. The molecule has 2 aromatic rings. The predicted octanol–water partition coefficient (Wildman–Crippen LogP) is 6.83. The van der Waals surface area contributed by atoms with Gasteiger partial charge in [0, 0.05) is 11.8 Å². The maximum Gasteiger partial charge on any atom is 0.202 e. The topological polar surface area (TPSA) is 40.2 Å². The van der Waals surface area contributed by atoms with E-state index < -0.39 is 0 Å². The molecular weight excluding hydrogens is 460 g/mol. The van der Waals surface area contributed by atoms with Gasteiger partial charge in [-0.2, -0.15) is 0 Å². The molecular formula is C33H40O4. The van der Waals surface area contributed by atoms with Gasteiger partial charge in [0.05, 0.1) is 13.2 Å². The predicted molar refractivity (Wildman–Crippen MR) is 151 cm³/mol. The van der Waals surface area contributed by atoms with Gasteiger partial charge in [-0.3, -0.25) is 0 Å². The Labute approximate surface area is 222 Å². The van der Waals surface area contributed by atoms with Crippen molar-refractivity contribution in [1.29, 1.82) is 0 Å². The van der Waals surface area contributed by atoms with E-state index in [1.54, 1.807) is 0 Å². The van der Waals surface area contributed by atoms with Crippen LogP contribution in [0.3, 0.4) is 0 Å². The lowest BCUT2D eigenvalue weighted by Gasteiger charge is -2.32. The summed E-state index contributed by atoms with van der Waals surface area (Å²) < 4.78 is 23.5. The molecule has 2 aliphatic heterocycles. The van der Waals surface area contributed by atoms with Crippen LogP contribution in [-0.2, 0) is 40.6 Å². The smallest absolute Gasteiger partial charge is 0.202 e. The van der Waals surface area contributed by atoms with Gasteiger partial charge in [-0.05, 0) is 59.1 Å². The number of rotatable bonds is 15. The molecule has 2 aliphatic rings. The van der Waals surface area contributed by atoms with Crippen LogP contribution < -0.4 is 9.47 Å². The first-order chi connectivity index (χ1) is 17.9. The molecule has 2 unspecified atom stereocenters. The van der Waals surface area contributed by atoms with Gasteiger partial charge in [0.1, 0.15) is 24.2 Å². The Hall–Kier alpha value is -3.08. The van der Waals surface area contributed by atoms with Crippen molar-refractivity contribution in [1.82, 2.24) is 0 Å². The lowest BCUT2D eigenvalue weighted by atomic mass is 9.75. The summed E-state index contributed by atoms with van der Waals surface area (Å²) in [4.78, 5) is 0. The normalized spacial score (nSPS) is 18.4. The third-order valence-electron chi connectivity index (χ3n) is 7.11. The Morgan fingerprint density at radius 2 is 1.22 bits per heavy atom. The maximum atomic E-state index is 6.29. The van der Waals surface area contributed by atoms with Crippen LogP contribution in [-0.4, -0.2) is 32.2 Å². The van der Waals surface area contributed by atoms with E-state index in [4.69, 9.17) is 18.9 Å². The van der Waals surface area contributed by atoms with E-state index in [0.29, 0.717) is 6.61 Å². The molecule has 0 radical (unpaired) electrons. The summed E-state index contributed by atoms with van der Waals surface area (Å²) in [5, 5.41) is 0. The zero-order valence-corrected chi connectivity index (χ0v) is 22.4. The second kappa shape index (κ2) is 12.0. The summed E-state index contributed by atoms with van der Waals surface area (Å²) >= 11 is 0. The van der Waals surface area contributed by atoms with E-state index in [-0.39, 0.29) is 17.8 Å². The number of benzene rings is 2. The minimum absolute atomic E-state index is 0.178. The fraction of sp³-hybridized carbons (Fsp3) is 0.394. The lowest BCUT2D eigenvalue weighted by molar-refractivity contribution is -0.165. The Bertz CT molecular complexity index is 1090. The number of hydrogen-bond donors (Lipinski definition) is 0. The molecule has 0 amide bonds. The van der Waals surface area contributed by atoms with Gasteiger partial charge in [-0.1, -0.05) is 62.4 Å². The largest absolute Gasteiger partial charge is 0.490 e. The number of hydrogen-bond acceptors (Lipinski definition) is 4. The number of epoxide rings is 1. The fourth-order valence-electron chi connectivity index (χ4n) is 4.74. The average Bonchev–Trinajstić information content (AvgIpc) is 3.67. The summed E-state index contributed by atoms with van der Waals surface area (Å²) in [5.74, 6) is 1.83. The zero-order chi connectivity index (χ0) is 26.4. The molecule has 2 atom stereocenters. The molecule has 2 fully saturated rings. The second-order valence-corrected chi connectivity index (χ2v) is 10.3. The van der Waals surface area contributed by atoms with Gasteiger partial charge in [0.15, 0.2) is 0 Å². The van der Waals surface area contributed by atoms with Crippen LogP contribution in [0.2, 0.25) is 0 Å². The number of ether oxygens (including phenoxy) is 4. The molecule has 0 aliphatic carbocycles. The second-order valence-electron chi connectivity index (χ2n) is 10.3. The minimum atomic E-state index is -0.276. The monoisotopic (exact) mass is 500 g/mol. The van der Waals surface area contributed by atoms with E-state index in [1.807, 2.05) is 24.3 Å². The molecule has 0 bridgehead atoms. The van der Waals surface area contributed by atoms with Gasteiger partial charge in [-0.25, -0.2) is 0 Å². The molecule has 2 heterocycles. The van der Waals surface area contributed by atoms with Crippen molar-refractivity contribution < 1.29 is 18.9 Å². The third kappa shape index (κ3) is 6.26. The maximum absolute atomic E-state index is 6.29. The van der Waals surface area contributed by atoms with Crippen LogP contribution in [0.5, 0.6) is 11.5 Å². The van der Waals surface area contributed by atoms with Crippen molar-refractivity contribution in [3.05, 3.63) is 108 Å². The highest BCUT2D eigenvalue weighted by atomic mass is 16.7. The third-order valence-corrected chi connectivity index (χ3v) is 7.11. The van der Waals surface area contributed by atoms with Crippen molar-refractivity contribution in [3.8, 4) is 11.5 Å². The first kappa shape index (κ1) is 27.0. The van der Waals surface area contributed by atoms with E-state index in [0.717, 1.165) is 79.1 Å². The Kier molecular flexibility index (Phi) is 8.73. The number of allylic oxidation sites excluding steroid dienone is 4. The van der Waals surface area contributed by atoms with E-state index in [9.17, 15) is 0 Å². The van der Waals surface area contributed by atoms with Crippen LogP contribution >= 0.6 is 0 Å². The molecule has 0 aromatic heterocycles. The molecule has 0 spiro atoms. The standard InChI is InChI=1S/C33H40O4/c1-7-11-23-17-27(18-24(12-8-2)31(23)36-22-29-21-35-29)33(5,6)28-19-25(13-9-3)32(26(20-28)14-10-4)37-30-15-16-34-30/h7-10,17-20,29-30H,1-4,11-16,21-22H2,5-6H3. The van der Waals surface area contributed by atoms with Crippen LogP contribution in [0.1, 0.15) is 53.6 Å². The SMILES string of the molecule is C=CCc1cc(C(C)(C)c2cc(CC=C)c(OC3CCO3)c(CC=C)c2)cc(CC=C)c1OCC1CO1. The van der Waals surface area contributed by atoms with Crippen molar-refractivity contribution in [2.45, 2.75) is 63.8 Å². The van der Waals surface area contributed by atoms with Crippen molar-refractivity contribution in [3.63, 3.8) is 0 Å². The van der Waals surface area contributed by atoms with Crippen LogP contribution in [0, 0.1) is 0 Å². The fourth-order valence-corrected chi connectivity index (χ4v) is 4.74. The van der Waals surface area contributed by atoms with Crippen molar-refractivity contribution >= 4 is 0 Å². The van der Waals surface area contributed by atoms with Crippen LogP contribution in [0.25, 0.3) is 0 Å². The molecule has 0 N–H and O–H groups in total. The van der Waals surface area contributed by atoms with Crippen molar-refractivity contribution in [2.75, 3.05) is 19.8 Å². The molecule has 4 nitrogen and oxygen atoms in total. The summed E-state index contributed by atoms with van der Waals surface area (Å²) in [6.07, 6.45) is 11.5. The van der Waals surface area contributed by atoms with Gasteiger partial charge in [0.2, 0.25) is 6.29 Å². The Morgan fingerprint density at radius 3 is 1.57 bits per heavy atom. The summed E-state index contributed by atoms with van der Waals surface area (Å²) in [7, 11) is 0. The Morgan fingerprint density at radius 1 is 0.784 bits per heavy atom. The highest BCUT2D eigenvalue weighted by Gasteiger charge is 2.30. The molecule has 0 saturated carbocycles. The van der Waals surface area contributed by atoms with Crippen molar-refractivity contribution in [2.24, 2.45) is 0 Å². The summed E-state index contributed by atoms with van der Waals surface area (Å²) in [5.41, 5.74) is 6.68. The first-order valence-electron chi connectivity index (χ1n) is 13.2. The highest BCUT2D eigenvalue weighted by molar-refractivity contribution is 5.54. The minimum Gasteiger partial charge on any atom is -0.490 e. The van der Waals surface area contributed by atoms with E-state index in [1.165, 1.54) is 11.1 Å². The molecule has 4 heteroatoms.